The number of carbonyl (C=O) groups excluding carboxylic acids is 1. The average molecular weight is 470 g/mol. The van der Waals surface area contributed by atoms with E-state index in [0.717, 1.165) is 11.1 Å². The minimum Gasteiger partial charge on any atom is -0.488 e. The van der Waals surface area contributed by atoms with Crippen molar-refractivity contribution >= 4 is 34.6 Å². The summed E-state index contributed by atoms with van der Waals surface area (Å²) in [5.74, 6) is 0.972. The molecule has 0 saturated carbocycles. The number of nitrogen functional groups attached to an aromatic ring is 1. The van der Waals surface area contributed by atoms with Crippen molar-refractivity contribution in [2.45, 2.75) is 20.5 Å². The molecular weight excluding hydrogens is 450 g/mol. The number of benzene rings is 2. The monoisotopic (exact) mass is 469 g/mol. The Hall–Kier alpha value is -3.36. The number of ether oxygens (including phenoxy) is 2. The molecule has 0 aliphatic carbocycles. The second-order valence-electron chi connectivity index (χ2n) is 6.91. The van der Waals surface area contributed by atoms with Gasteiger partial charge < -0.3 is 19.6 Å². The van der Waals surface area contributed by atoms with Crippen LogP contribution in [-0.2, 0) is 11.3 Å². The minimum atomic E-state index is -0.404. The van der Waals surface area contributed by atoms with Crippen molar-refractivity contribution in [3.8, 4) is 28.7 Å². The van der Waals surface area contributed by atoms with Crippen molar-refractivity contribution in [2.24, 2.45) is 0 Å². The van der Waals surface area contributed by atoms with E-state index in [9.17, 15) is 4.79 Å². The standard InChI is InChI=1S/C23H20ClN3O4S/c1-3-29-23(28)20-17(18(25)12-32-20)11-30-19-10-15(5-4-13(19)2)22-27-26-21(31-22)14-6-8-16(24)9-7-14/h4-10,12H,3,11,25H2,1-2H3. The molecule has 0 amide bonds. The first-order valence-corrected chi connectivity index (χ1v) is 11.1. The molecule has 2 aromatic carbocycles. The number of hydrogen-bond acceptors (Lipinski definition) is 8. The Morgan fingerprint density at radius 1 is 1.12 bits per heavy atom. The normalized spacial score (nSPS) is 10.8. The third-order valence-corrected chi connectivity index (χ3v) is 5.98. The molecule has 2 heterocycles. The highest BCUT2D eigenvalue weighted by Crippen LogP contribution is 2.31. The Kier molecular flexibility index (Phi) is 6.43. The van der Waals surface area contributed by atoms with Crippen molar-refractivity contribution in [1.29, 1.82) is 0 Å². The zero-order valence-corrected chi connectivity index (χ0v) is 19.0. The molecule has 4 aromatic rings. The van der Waals surface area contributed by atoms with Crippen LogP contribution < -0.4 is 10.5 Å². The van der Waals surface area contributed by atoms with E-state index in [-0.39, 0.29) is 6.61 Å². The van der Waals surface area contributed by atoms with Gasteiger partial charge in [0, 0.05) is 32.8 Å². The van der Waals surface area contributed by atoms with Gasteiger partial charge in [0.2, 0.25) is 11.8 Å². The van der Waals surface area contributed by atoms with Crippen LogP contribution in [0.3, 0.4) is 0 Å². The van der Waals surface area contributed by atoms with Gasteiger partial charge in [-0.3, -0.25) is 0 Å². The predicted molar refractivity (Wildman–Crippen MR) is 124 cm³/mol. The number of anilines is 1. The van der Waals surface area contributed by atoms with Crippen LogP contribution >= 0.6 is 22.9 Å². The van der Waals surface area contributed by atoms with Crippen LogP contribution in [0.4, 0.5) is 5.69 Å². The van der Waals surface area contributed by atoms with E-state index in [2.05, 4.69) is 10.2 Å². The highest BCUT2D eigenvalue weighted by atomic mass is 35.5. The van der Waals surface area contributed by atoms with Gasteiger partial charge in [0.05, 0.1) is 6.61 Å². The van der Waals surface area contributed by atoms with Gasteiger partial charge in [0.15, 0.2) is 0 Å². The average Bonchev–Trinajstić information content (AvgIpc) is 3.41. The van der Waals surface area contributed by atoms with E-state index in [1.807, 2.05) is 37.3 Å². The smallest absolute Gasteiger partial charge is 0.348 e. The van der Waals surface area contributed by atoms with Crippen LogP contribution in [0, 0.1) is 6.92 Å². The number of aromatic nitrogens is 2. The van der Waals surface area contributed by atoms with Crippen LogP contribution in [0.15, 0.2) is 52.3 Å². The molecule has 0 unspecified atom stereocenters. The quantitative estimate of drug-likeness (QED) is 0.343. The number of halogens is 1. The summed E-state index contributed by atoms with van der Waals surface area (Å²) in [6.07, 6.45) is 0. The molecule has 0 atom stereocenters. The summed E-state index contributed by atoms with van der Waals surface area (Å²) >= 11 is 7.18. The van der Waals surface area contributed by atoms with Gasteiger partial charge in [-0.1, -0.05) is 17.7 Å². The predicted octanol–water partition coefficient (Wildman–Crippen LogP) is 5.76. The van der Waals surface area contributed by atoms with E-state index < -0.39 is 5.97 Å². The zero-order chi connectivity index (χ0) is 22.7. The maximum Gasteiger partial charge on any atom is 0.348 e. The summed E-state index contributed by atoms with van der Waals surface area (Å²) in [6, 6.07) is 12.8. The molecule has 0 aliphatic heterocycles. The minimum absolute atomic E-state index is 0.133. The number of nitrogens with two attached hydrogens (primary N) is 1. The van der Waals surface area contributed by atoms with E-state index in [4.69, 9.17) is 31.2 Å². The molecule has 2 N–H and O–H groups in total. The van der Waals surface area contributed by atoms with Crippen molar-refractivity contribution in [3.05, 3.63) is 68.9 Å². The Labute approximate surface area is 193 Å². The fourth-order valence-corrected chi connectivity index (χ4v) is 3.99. The summed E-state index contributed by atoms with van der Waals surface area (Å²) in [5, 5.41) is 10.6. The number of aryl methyl sites for hydroxylation is 1. The largest absolute Gasteiger partial charge is 0.488 e. The fourth-order valence-electron chi connectivity index (χ4n) is 3.00. The molecule has 32 heavy (non-hydrogen) atoms. The van der Waals surface area contributed by atoms with Crippen LogP contribution in [-0.4, -0.2) is 22.8 Å². The highest BCUT2D eigenvalue weighted by molar-refractivity contribution is 7.12. The lowest BCUT2D eigenvalue weighted by atomic mass is 10.1. The van der Waals surface area contributed by atoms with Crippen LogP contribution in [0.2, 0.25) is 5.02 Å². The molecule has 2 aromatic heterocycles. The Morgan fingerprint density at radius 3 is 2.53 bits per heavy atom. The lowest BCUT2D eigenvalue weighted by Crippen LogP contribution is -2.08. The number of hydrogen-bond donors (Lipinski definition) is 1. The van der Waals surface area contributed by atoms with E-state index in [0.29, 0.717) is 50.9 Å². The van der Waals surface area contributed by atoms with Gasteiger partial charge in [0.25, 0.3) is 0 Å². The molecule has 0 fully saturated rings. The summed E-state index contributed by atoms with van der Waals surface area (Å²) < 4.78 is 17.0. The van der Waals surface area contributed by atoms with Crippen LogP contribution in [0.1, 0.15) is 27.7 Å². The third-order valence-electron chi connectivity index (χ3n) is 4.71. The maximum absolute atomic E-state index is 12.2. The molecule has 0 spiro atoms. The van der Waals surface area contributed by atoms with E-state index in [1.165, 1.54) is 11.3 Å². The number of esters is 1. The molecule has 7 nitrogen and oxygen atoms in total. The number of thiophene rings is 1. The molecule has 0 aliphatic rings. The maximum atomic E-state index is 12.2. The molecule has 164 valence electrons. The Balaban J connectivity index is 1.55. The summed E-state index contributed by atoms with van der Waals surface area (Å²) in [6.45, 7) is 4.11. The fraction of sp³-hybridized carbons (Fsp3) is 0.174. The summed E-state index contributed by atoms with van der Waals surface area (Å²) in [5.41, 5.74) is 9.55. The highest BCUT2D eigenvalue weighted by Gasteiger charge is 2.19. The van der Waals surface area contributed by atoms with Crippen molar-refractivity contribution < 1.29 is 18.7 Å². The van der Waals surface area contributed by atoms with Crippen LogP contribution in [0.25, 0.3) is 22.9 Å². The second kappa shape index (κ2) is 9.42. The van der Waals surface area contributed by atoms with Crippen LogP contribution in [0.5, 0.6) is 5.75 Å². The van der Waals surface area contributed by atoms with Gasteiger partial charge in [-0.25, -0.2) is 4.79 Å². The van der Waals surface area contributed by atoms with Crippen molar-refractivity contribution in [1.82, 2.24) is 10.2 Å². The SMILES string of the molecule is CCOC(=O)c1scc(N)c1COc1cc(-c2nnc(-c3ccc(Cl)cc3)o2)ccc1C. The number of carbonyl (C=O) groups is 1. The topological polar surface area (TPSA) is 100 Å². The van der Waals surface area contributed by atoms with Crippen molar-refractivity contribution in [3.63, 3.8) is 0 Å². The molecule has 0 saturated heterocycles. The lowest BCUT2D eigenvalue weighted by Gasteiger charge is -2.11. The van der Waals surface area contributed by atoms with Gasteiger partial charge >= 0.3 is 5.97 Å². The van der Waals surface area contributed by atoms with Gasteiger partial charge in [-0.15, -0.1) is 21.5 Å². The number of rotatable bonds is 7. The van der Waals surface area contributed by atoms with Gasteiger partial charge in [-0.2, -0.15) is 0 Å². The van der Waals surface area contributed by atoms with Gasteiger partial charge in [0.1, 0.15) is 17.2 Å². The molecule has 9 heteroatoms. The molecule has 0 bridgehead atoms. The first-order chi connectivity index (χ1) is 15.5. The van der Waals surface area contributed by atoms with E-state index >= 15 is 0 Å². The lowest BCUT2D eigenvalue weighted by molar-refractivity contribution is 0.0529. The first-order valence-electron chi connectivity index (χ1n) is 9.82. The molecule has 4 rings (SSSR count). The summed E-state index contributed by atoms with van der Waals surface area (Å²) in [4.78, 5) is 12.6. The second-order valence-corrected chi connectivity index (χ2v) is 8.22. The zero-order valence-electron chi connectivity index (χ0n) is 17.4. The van der Waals surface area contributed by atoms with Gasteiger partial charge in [-0.05, 0) is 55.8 Å². The Bertz CT molecular complexity index is 1250. The Morgan fingerprint density at radius 2 is 1.81 bits per heavy atom. The molecule has 0 radical (unpaired) electrons. The third kappa shape index (κ3) is 4.61. The molecular formula is C23H20ClN3O4S. The number of nitrogens with zero attached hydrogens (tertiary/aromatic N) is 2. The van der Waals surface area contributed by atoms with Crippen molar-refractivity contribution in [2.75, 3.05) is 12.3 Å². The van der Waals surface area contributed by atoms with E-state index in [1.54, 1.807) is 24.4 Å². The first kappa shape index (κ1) is 21.9. The summed E-state index contributed by atoms with van der Waals surface area (Å²) in [7, 11) is 0.